The Balaban J connectivity index is 1.69. The maximum absolute atomic E-state index is 12.9. The van der Waals surface area contributed by atoms with Gasteiger partial charge in [0.2, 0.25) is 0 Å². The molecule has 0 saturated carbocycles. The molecule has 1 aromatic carbocycles. The topological polar surface area (TPSA) is 39.9 Å². The maximum Gasteiger partial charge on any atom is 0.191 e. The lowest BCUT2D eigenvalue weighted by Gasteiger charge is -2.14. The SMILES string of the molecule is CCc1nnc(SCc2ccc(F)cc2)n1CC1CCCO1. The van der Waals surface area contributed by atoms with Crippen LogP contribution in [0.2, 0.25) is 0 Å². The van der Waals surface area contributed by atoms with E-state index in [1.807, 2.05) is 12.1 Å². The molecule has 1 unspecified atom stereocenters. The first-order valence-electron chi connectivity index (χ1n) is 7.67. The average Bonchev–Trinajstić information content (AvgIpc) is 3.17. The highest BCUT2D eigenvalue weighted by Crippen LogP contribution is 2.24. The van der Waals surface area contributed by atoms with Gasteiger partial charge in [-0.3, -0.25) is 0 Å². The number of ether oxygens (including phenoxy) is 1. The summed E-state index contributed by atoms with van der Waals surface area (Å²) in [5.41, 5.74) is 1.08. The summed E-state index contributed by atoms with van der Waals surface area (Å²) in [6, 6.07) is 6.60. The maximum atomic E-state index is 12.9. The lowest BCUT2D eigenvalue weighted by atomic mass is 10.2. The number of aromatic nitrogens is 3. The van der Waals surface area contributed by atoms with E-state index in [1.54, 1.807) is 11.8 Å². The smallest absolute Gasteiger partial charge is 0.191 e. The van der Waals surface area contributed by atoms with Crippen LogP contribution in [-0.2, 0) is 23.5 Å². The predicted molar refractivity (Wildman–Crippen MR) is 84.3 cm³/mol. The van der Waals surface area contributed by atoms with Crippen molar-refractivity contribution in [1.82, 2.24) is 14.8 Å². The summed E-state index contributed by atoms with van der Waals surface area (Å²) in [5, 5.41) is 9.50. The molecule has 118 valence electrons. The van der Waals surface area contributed by atoms with Crippen LogP contribution in [0.15, 0.2) is 29.4 Å². The van der Waals surface area contributed by atoms with E-state index in [0.717, 1.165) is 54.7 Å². The van der Waals surface area contributed by atoms with Crippen LogP contribution in [0, 0.1) is 5.82 Å². The van der Waals surface area contributed by atoms with Gasteiger partial charge in [0.25, 0.3) is 0 Å². The van der Waals surface area contributed by atoms with Crippen molar-refractivity contribution in [3.63, 3.8) is 0 Å². The molecule has 0 spiro atoms. The molecule has 0 aliphatic carbocycles. The highest BCUT2D eigenvalue weighted by atomic mass is 32.2. The molecule has 0 radical (unpaired) electrons. The van der Waals surface area contributed by atoms with E-state index >= 15 is 0 Å². The van der Waals surface area contributed by atoms with Crippen molar-refractivity contribution in [3.05, 3.63) is 41.5 Å². The van der Waals surface area contributed by atoms with E-state index in [9.17, 15) is 4.39 Å². The van der Waals surface area contributed by atoms with Crippen LogP contribution < -0.4 is 0 Å². The van der Waals surface area contributed by atoms with Gasteiger partial charge in [0.05, 0.1) is 12.6 Å². The van der Waals surface area contributed by atoms with Gasteiger partial charge in [-0.2, -0.15) is 0 Å². The average molecular weight is 321 g/mol. The van der Waals surface area contributed by atoms with Crippen LogP contribution in [0.5, 0.6) is 0 Å². The van der Waals surface area contributed by atoms with E-state index in [2.05, 4.69) is 21.7 Å². The van der Waals surface area contributed by atoms with Gasteiger partial charge in [-0.25, -0.2) is 4.39 Å². The summed E-state index contributed by atoms with van der Waals surface area (Å²) in [5.74, 6) is 1.55. The molecular formula is C16H20FN3OS. The molecule has 2 heterocycles. The fourth-order valence-electron chi connectivity index (χ4n) is 2.59. The quantitative estimate of drug-likeness (QED) is 0.764. The number of halogens is 1. The third kappa shape index (κ3) is 3.67. The molecule has 1 fully saturated rings. The Morgan fingerprint density at radius 2 is 2.14 bits per heavy atom. The minimum absolute atomic E-state index is 0.205. The largest absolute Gasteiger partial charge is 0.376 e. The van der Waals surface area contributed by atoms with E-state index < -0.39 is 0 Å². The van der Waals surface area contributed by atoms with Gasteiger partial charge in [0.15, 0.2) is 5.16 Å². The van der Waals surface area contributed by atoms with Gasteiger partial charge in [-0.1, -0.05) is 30.8 Å². The normalized spacial score (nSPS) is 18.0. The second kappa shape index (κ2) is 7.24. The Morgan fingerprint density at radius 1 is 1.32 bits per heavy atom. The summed E-state index contributed by atoms with van der Waals surface area (Å²) in [4.78, 5) is 0. The second-order valence-electron chi connectivity index (χ2n) is 5.41. The molecule has 1 aromatic heterocycles. The second-order valence-corrected chi connectivity index (χ2v) is 6.36. The Bertz CT molecular complexity index is 608. The first-order valence-corrected chi connectivity index (χ1v) is 8.65. The standard InChI is InChI=1S/C16H20FN3OS/c1-2-15-18-19-16(20(15)10-14-4-3-9-21-14)22-11-12-5-7-13(17)8-6-12/h5-8,14H,2-4,9-11H2,1H3. The summed E-state index contributed by atoms with van der Waals surface area (Å²) in [7, 11) is 0. The summed E-state index contributed by atoms with van der Waals surface area (Å²) >= 11 is 1.64. The molecule has 1 atom stereocenters. The lowest BCUT2D eigenvalue weighted by molar-refractivity contribution is 0.0942. The Morgan fingerprint density at radius 3 is 2.82 bits per heavy atom. The number of aryl methyl sites for hydroxylation is 1. The number of rotatable bonds is 6. The third-order valence-corrected chi connectivity index (χ3v) is 4.84. The van der Waals surface area contributed by atoms with Gasteiger partial charge in [-0.05, 0) is 30.5 Å². The predicted octanol–water partition coefficient (Wildman–Crippen LogP) is 3.45. The molecule has 22 heavy (non-hydrogen) atoms. The van der Waals surface area contributed by atoms with E-state index in [0.29, 0.717) is 0 Å². The van der Waals surface area contributed by atoms with Crippen molar-refractivity contribution < 1.29 is 9.13 Å². The zero-order valence-corrected chi connectivity index (χ0v) is 13.5. The minimum Gasteiger partial charge on any atom is -0.376 e. The highest BCUT2D eigenvalue weighted by Gasteiger charge is 2.20. The van der Waals surface area contributed by atoms with Crippen LogP contribution >= 0.6 is 11.8 Å². The van der Waals surface area contributed by atoms with Crippen LogP contribution in [0.25, 0.3) is 0 Å². The van der Waals surface area contributed by atoms with Crippen LogP contribution in [0.1, 0.15) is 31.2 Å². The molecule has 1 aliphatic rings. The molecule has 4 nitrogen and oxygen atoms in total. The molecule has 1 saturated heterocycles. The van der Waals surface area contributed by atoms with Gasteiger partial charge >= 0.3 is 0 Å². The summed E-state index contributed by atoms with van der Waals surface area (Å²) < 4.78 is 20.8. The fraction of sp³-hybridized carbons (Fsp3) is 0.500. The van der Waals surface area contributed by atoms with Crippen LogP contribution in [0.3, 0.4) is 0 Å². The van der Waals surface area contributed by atoms with Gasteiger partial charge in [0.1, 0.15) is 11.6 Å². The highest BCUT2D eigenvalue weighted by molar-refractivity contribution is 7.98. The monoisotopic (exact) mass is 321 g/mol. The zero-order valence-electron chi connectivity index (χ0n) is 12.7. The first kappa shape index (κ1) is 15.5. The minimum atomic E-state index is -0.205. The van der Waals surface area contributed by atoms with Gasteiger partial charge in [0, 0.05) is 18.8 Å². The van der Waals surface area contributed by atoms with Crippen molar-refractivity contribution in [2.24, 2.45) is 0 Å². The molecule has 3 rings (SSSR count). The van der Waals surface area contributed by atoms with Crippen molar-refractivity contribution in [2.75, 3.05) is 6.61 Å². The van der Waals surface area contributed by atoms with E-state index in [1.165, 1.54) is 12.1 Å². The Kier molecular flexibility index (Phi) is 5.10. The van der Waals surface area contributed by atoms with Crippen molar-refractivity contribution in [2.45, 2.75) is 49.7 Å². The number of hydrogen-bond donors (Lipinski definition) is 0. The summed E-state index contributed by atoms with van der Waals surface area (Å²) in [6.45, 7) is 3.76. The molecule has 0 N–H and O–H groups in total. The zero-order chi connectivity index (χ0) is 15.4. The van der Waals surface area contributed by atoms with Crippen molar-refractivity contribution in [3.8, 4) is 0 Å². The number of hydrogen-bond acceptors (Lipinski definition) is 4. The molecule has 6 heteroatoms. The van der Waals surface area contributed by atoms with Crippen LogP contribution in [0.4, 0.5) is 4.39 Å². The van der Waals surface area contributed by atoms with Gasteiger partial charge in [-0.15, -0.1) is 10.2 Å². The fourth-order valence-corrected chi connectivity index (χ4v) is 3.51. The Hall–Kier alpha value is -1.40. The summed E-state index contributed by atoms with van der Waals surface area (Å²) in [6.07, 6.45) is 3.36. The third-order valence-electron chi connectivity index (χ3n) is 3.80. The number of thioether (sulfide) groups is 1. The van der Waals surface area contributed by atoms with Gasteiger partial charge < -0.3 is 9.30 Å². The van der Waals surface area contributed by atoms with Crippen LogP contribution in [-0.4, -0.2) is 27.5 Å². The molecule has 2 aromatic rings. The Labute approximate surface area is 134 Å². The van der Waals surface area contributed by atoms with E-state index in [4.69, 9.17) is 4.74 Å². The molecule has 0 amide bonds. The molecule has 1 aliphatic heterocycles. The van der Waals surface area contributed by atoms with Crippen molar-refractivity contribution in [1.29, 1.82) is 0 Å². The van der Waals surface area contributed by atoms with E-state index in [-0.39, 0.29) is 11.9 Å². The number of nitrogens with zero attached hydrogens (tertiary/aromatic N) is 3. The molecular weight excluding hydrogens is 301 g/mol. The van der Waals surface area contributed by atoms with Crippen molar-refractivity contribution >= 4 is 11.8 Å². The molecule has 0 bridgehead atoms. The first-order chi connectivity index (χ1) is 10.8. The number of benzene rings is 1. The lowest BCUT2D eigenvalue weighted by Crippen LogP contribution is -2.17.